The molecular formula is C21H21NO5. The summed E-state index contributed by atoms with van der Waals surface area (Å²) in [6, 6.07) is 15.4. The van der Waals surface area contributed by atoms with Gasteiger partial charge in [0.05, 0.1) is 26.3 Å². The predicted octanol–water partition coefficient (Wildman–Crippen LogP) is 4.03. The van der Waals surface area contributed by atoms with Gasteiger partial charge in [0.2, 0.25) is 5.89 Å². The number of hydrogen-bond acceptors (Lipinski definition) is 6. The van der Waals surface area contributed by atoms with Crippen molar-refractivity contribution in [2.75, 3.05) is 14.2 Å². The van der Waals surface area contributed by atoms with Gasteiger partial charge in [-0.25, -0.2) is 4.98 Å². The van der Waals surface area contributed by atoms with Gasteiger partial charge in [0, 0.05) is 12.0 Å². The molecule has 3 rings (SSSR count). The average Bonchev–Trinajstić information content (AvgIpc) is 3.20. The molecule has 27 heavy (non-hydrogen) atoms. The van der Waals surface area contributed by atoms with Crippen molar-refractivity contribution < 1.29 is 23.4 Å². The minimum absolute atomic E-state index is 0.262. The fourth-order valence-corrected chi connectivity index (χ4v) is 2.54. The monoisotopic (exact) mass is 367 g/mol. The number of hydrogen-bond donors (Lipinski definition) is 0. The van der Waals surface area contributed by atoms with E-state index in [0.29, 0.717) is 36.1 Å². The van der Waals surface area contributed by atoms with Gasteiger partial charge in [0.25, 0.3) is 0 Å². The lowest BCUT2D eigenvalue weighted by molar-refractivity contribution is -0.140. The standard InChI is InChI=1S/C21H21NO5/c1-24-19-12-16(21-22-17(14-27-21)9-11-20(23)25-2)8-10-18(19)26-13-15-6-4-3-5-7-15/h3-8,10,12,14H,9,11,13H2,1-2H3. The fourth-order valence-electron chi connectivity index (χ4n) is 2.54. The van der Waals surface area contributed by atoms with Gasteiger partial charge in [-0.05, 0) is 23.8 Å². The van der Waals surface area contributed by atoms with Crippen LogP contribution in [0.4, 0.5) is 0 Å². The number of esters is 1. The molecule has 6 heteroatoms. The SMILES string of the molecule is COC(=O)CCc1coc(-c2ccc(OCc3ccccc3)c(OC)c2)n1. The van der Waals surface area contributed by atoms with Gasteiger partial charge in [-0.1, -0.05) is 30.3 Å². The van der Waals surface area contributed by atoms with Crippen molar-refractivity contribution in [3.8, 4) is 23.0 Å². The molecule has 0 saturated heterocycles. The topological polar surface area (TPSA) is 70.8 Å². The largest absolute Gasteiger partial charge is 0.493 e. The van der Waals surface area contributed by atoms with Crippen molar-refractivity contribution >= 4 is 5.97 Å². The summed E-state index contributed by atoms with van der Waals surface area (Å²) in [5.74, 6) is 1.42. The highest BCUT2D eigenvalue weighted by atomic mass is 16.5. The van der Waals surface area contributed by atoms with Crippen molar-refractivity contribution in [1.82, 2.24) is 4.98 Å². The van der Waals surface area contributed by atoms with E-state index in [1.807, 2.05) is 48.5 Å². The molecular weight excluding hydrogens is 346 g/mol. The average molecular weight is 367 g/mol. The van der Waals surface area contributed by atoms with Crippen LogP contribution in [-0.2, 0) is 22.6 Å². The van der Waals surface area contributed by atoms with Gasteiger partial charge in [-0.3, -0.25) is 4.79 Å². The molecule has 0 aliphatic rings. The molecule has 6 nitrogen and oxygen atoms in total. The van der Waals surface area contributed by atoms with Gasteiger partial charge >= 0.3 is 5.97 Å². The highest BCUT2D eigenvalue weighted by molar-refractivity contribution is 5.69. The van der Waals surface area contributed by atoms with Crippen LogP contribution in [0.5, 0.6) is 11.5 Å². The first-order valence-corrected chi connectivity index (χ1v) is 8.56. The van der Waals surface area contributed by atoms with Crippen LogP contribution in [0.15, 0.2) is 59.2 Å². The summed E-state index contributed by atoms with van der Waals surface area (Å²) in [5, 5.41) is 0. The molecule has 0 spiro atoms. The molecule has 0 radical (unpaired) electrons. The minimum atomic E-state index is -0.277. The van der Waals surface area contributed by atoms with Crippen LogP contribution >= 0.6 is 0 Å². The molecule has 0 bridgehead atoms. The second-order valence-corrected chi connectivity index (χ2v) is 5.86. The smallest absolute Gasteiger partial charge is 0.305 e. The molecule has 0 atom stereocenters. The summed E-state index contributed by atoms with van der Waals surface area (Å²) in [5.41, 5.74) is 2.54. The van der Waals surface area contributed by atoms with E-state index in [1.165, 1.54) is 7.11 Å². The van der Waals surface area contributed by atoms with Crippen LogP contribution in [0.3, 0.4) is 0 Å². The van der Waals surface area contributed by atoms with Crippen LogP contribution < -0.4 is 9.47 Å². The number of oxazole rings is 1. The first-order valence-electron chi connectivity index (χ1n) is 8.56. The summed E-state index contributed by atoms with van der Waals surface area (Å²) in [6.45, 7) is 0.452. The number of carbonyl (C=O) groups excluding carboxylic acids is 1. The van der Waals surface area contributed by atoms with Gasteiger partial charge in [0.15, 0.2) is 11.5 Å². The second-order valence-electron chi connectivity index (χ2n) is 5.86. The lowest BCUT2D eigenvalue weighted by atomic mass is 10.2. The zero-order valence-corrected chi connectivity index (χ0v) is 15.3. The Labute approximate surface area is 157 Å². The van der Waals surface area contributed by atoms with Gasteiger partial charge in [-0.15, -0.1) is 0 Å². The summed E-state index contributed by atoms with van der Waals surface area (Å²) < 4.78 is 21.5. The Hall–Kier alpha value is -3.28. The van der Waals surface area contributed by atoms with Crippen molar-refractivity contribution in [3.05, 3.63) is 66.1 Å². The molecule has 0 amide bonds. The van der Waals surface area contributed by atoms with E-state index in [9.17, 15) is 4.79 Å². The van der Waals surface area contributed by atoms with Gasteiger partial charge < -0.3 is 18.6 Å². The third-order valence-electron chi connectivity index (χ3n) is 4.01. The highest BCUT2D eigenvalue weighted by Crippen LogP contribution is 2.32. The third-order valence-corrected chi connectivity index (χ3v) is 4.01. The van der Waals surface area contributed by atoms with Crippen molar-refractivity contribution in [2.24, 2.45) is 0 Å². The number of methoxy groups -OCH3 is 2. The van der Waals surface area contributed by atoms with Crippen molar-refractivity contribution in [2.45, 2.75) is 19.4 Å². The number of carbonyl (C=O) groups is 1. The van der Waals surface area contributed by atoms with E-state index in [2.05, 4.69) is 9.72 Å². The minimum Gasteiger partial charge on any atom is -0.493 e. The van der Waals surface area contributed by atoms with Crippen LogP contribution in [-0.4, -0.2) is 25.2 Å². The van der Waals surface area contributed by atoms with Crippen LogP contribution in [0.2, 0.25) is 0 Å². The normalized spacial score (nSPS) is 10.4. The number of aryl methyl sites for hydroxylation is 1. The summed E-state index contributed by atoms with van der Waals surface area (Å²) in [6.07, 6.45) is 2.27. The maximum absolute atomic E-state index is 11.2. The Morgan fingerprint density at radius 2 is 1.89 bits per heavy atom. The Bertz CT molecular complexity index is 889. The van der Waals surface area contributed by atoms with E-state index < -0.39 is 0 Å². The molecule has 0 aliphatic carbocycles. The lowest BCUT2D eigenvalue weighted by Gasteiger charge is -2.11. The summed E-state index contributed by atoms with van der Waals surface area (Å²) in [7, 11) is 2.95. The third kappa shape index (κ3) is 4.88. The van der Waals surface area contributed by atoms with E-state index in [0.717, 1.165) is 11.1 Å². The molecule has 1 heterocycles. The summed E-state index contributed by atoms with van der Waals surface area (Å²) in [4.78, 5) is 15.7. The first-order chi connectivity index (χ1) is 13.2. The maximum atomic E-state index is 11.2. The Kier molecular flexibility index (Phi) is 6.10. The quantitative estimate of drug-likeness (QED) is 0.560. The molecule has 140 valence electrons. The van der Waals surface area contributed by atoms with Crippen LogP contribution in [0.1, 0.15) is 17.7 Å². The van der Waals surface area contributed by atoms with Crippen molar-refractivity contribution in [1.29, 1.82) is 0 Å². The lowest BCUT2D eigenvalue weighted by Crippen LogP contribution is -2.01. The van der Waals surface area contributed by atoms with E-state index in [1.54, 1.807) is 13.4 Å². The van der Waals surface area contributed by atoms with Crippen LogP contribution in [0.25, 0.3) is 11.5 Å². The van der Waals surface area contributed by atoms with E-state index >= 15 is 0 Å². The Balaban J connectivity index is 1.70. The van der Waals surface area contributed by atoms with Gasteiger partial charge in [-0.2, -0.15) is 0 Å². The molecule has 1 aromatic heterocycles. The molecule has 0 N–H and O–H groups in total. The summed E-state index contributed by atoms with van der Waals surface area (Å²) >= 11 is 0. The number of nitrogens with zero attached hydrogens (tertiary/aromatic N) is 1. The molecule has 3 aromatic rings. The van der Waals surface area contributed by atoms with Crippen molar-refractivity contribution in [3.63, 3.8) is 0 Å². The number of rotatable bonds is 8. The zero-order valence-electron chi connectivity index (χ0n) is 15.3. The maximum Gasteiger partial charge on any atom is 0.305 e. The molecule has 0 aliphatic heterocycles. The number of ether oxygens (including phenoxy) is 3. The fraction of sp³-hybridized carbons (Fsp3) is 0.238. The van der Waals surface area contributed by atoms with E-state index in [-0.39, 0.29) is 12.4 Å². The number of benzene rings is 2. The molecule has 0 fully saturated rings. The van der Waals surface area contributed by atoms with Gasteiger partial charge in [0.1, 0.15) is 12.9 Å². The molecule has 0 saturated carbocycles. The second kappa shape index (κ2) is 8.89. The Morgan fingerprint density at radius 3 is 2.63 bits per heavy atom. The highest BCUT2D eigenvalue weighted by Gasteiger charge is 2.12. The zero-order chi connectivity index (χ0) is 19.1. The molecule has 0 unspecified atom stereocenters. The Morgan fingerprint density at radius 1 is 1.07 bits per heavy atom. The van der Waals surface area contributed by atoms with Crippen LogP contribution in [0, 0.1) is 0 Å². The number of aromatic nitrogens is 1. The molecule has 2 aromatic carbocycles. The predicted molar refractivity (Wildman–Crippen MR) is 99.6 cm³/mol. The first kappa shape index (κ1) is 18.5. The van der Waals surface area contributed by atoms with E-state index in [4.69, 9.17) is 13.9 Å².